The third kappa shape index (κ3) is 5.00. The molecule has 0 spiro atoms. The molecule has 3 rings (SSSR count). The van der Waals surface area contributed by atoms with Crippen LogP contribution in [0, 0.1) is 12.8 Å². The topological polar surface area (TPSA) is 77.4 Å². The molecule has 2 heterocycles. The van der Waals surface area contributed by atoms with Crippen LogP contribution < -0.4 is 10.3 Å². The first-order valence-corrected chi connectivity index (χ1v) is 12.0. The largest absolute Gasteiger partial charge is 0.376 e. The van der Waals surface area contributed by atoms with Gasteiger partial charge < -0.3 is 9.30 Å². The van der Waals surface area contributed by atoms with Gasteiger partial charge in [0.15, 0.2) is 0 Å². The number of nitrogens with zero attached hydrogens (tertiary/aromatic N) is 1. The normalized spacial score (nSPS) is 28.7. The molecule has 1 N–H and O–H groups in total. The summed E-state index contributed by atoms with van der Waals surface area (Å²) in [5, 5.41) is 0. The van der Waals surface area contributed by atoms with Gasteiger partial charge in [-0.3, -0.25) is 4.79 Å². The van der Waals surface area contributed by atoms with Gasteiger partial charge in [0.25, 0.3) is 5.56 Å². The molecule has 7 heteroatoms. The first kappa shape index (κ1) is 20.6. The average molecular weight is 397 g/mol. The van der Waals surface area contributed by atoms with Crippen LogP contribution >= 0.6 is 0 Å². The predicted molar refractivity (Wildman–Crippen MR) is 107 cm³/mol. The summed E-state index contributed by atoms with van der Waals surface area (Å²) < 4.78 is 34.4. The summed E-state index contributed by atoms with van der Waals surface area (Å²) in [6, 6.07) is 3.20. The Bertz CT molecular complexity index is 810. The SMILES string of the molecule is CCC1CCC(OC[C@H]2[C@@H](NS(C)(=O)=O)CCc3ccc(C)c(=O)n32)CC1. The Balaban J connectivity index is 1.80. The molecule has 2 aliphatic rings. The van der Waals surface area contributed by atoms with E-state index in [1.165, 1.54) is 25.5 Å². The van der Waals surface area contributed by atoms with E-state index in [1.54, 1.807) is 11.5 Å². The van der Waals surface area contributed by atoms with E-state index in [-0.39, 0.29) is 23.7 Å². The minimum Gasteiger partial charge on any atom is -0.376 e. The van der Waals surface area contributed by atoms with Crippen molar-refractivity contribution in [2.75, 3.05) is 12.9 Å². The maximum Gasteiger partial charge on any atom is 0.254 e. The molecule has 2 atom stereocenters. The van der Waals surface area contributed by atoms with Crippen LogP contribution in [0.25, 0.3) is 0 Å². The number of pyridine rings is 1. The Hall–Kier alpha value is -1.18. The van der Waals surface area contributed by atoms with Crippen molar-refractivity contribution in [3.63, 3.8) is 0 Å². The van der Waals surface area contributed by atoms with Crippen LogP contribution in [-0.2, 0) is 21.2 Å². The third-order valence-corrected chi connectivity index (χ3v) is 6.87. The number of aryl methyl sites for hydroxylation is 2. The molecule has 6 nitrogen and oxygen atoms in total. The van der Waals surface area contributed by atoms with Crippen LogP contribution in [0.4, 0.5) is 0 Å². The number of hydrogen-bond donors (Lipinski definition) is 1. The van der Waals surface area contributed by atoms with Crippen LogP contribution in [0.1, 0.15) is 62.7 Å². The Morgan fingerprint density at radius 2 is 1.89 bits per heavy atom. The smallest absolute Gasteiger partial charge is 0.254 e. The Kier molecular flexibility index (Phi) is 6.43. The van der Waals surface area contributed by atoms with E-state index in [0.29, 0.717) is 25.0 Å². The second-order valence-electron chi connectivity index (χ2n) is 8.17. The van der Waals surface area contributed by atoms with Crippen LogP contribution in [0.2, 0.25) is 0 Å². The summed E-state index contributed by atoms with van der Waals surface area (Å²) in [5.41, 5.74) is 1.59. The summed E-state index contributed by atoms with van der Waals surface area (Å²) >= 11 is 0. The number of hydrogen-bond acceptors (Lipinski definition) is 4. The van der Waals surface area contributed by atoms with E-state index in [9.17, 15) is 13.2 Å². The minimum absolute atomic E-state index is 0.0456. The maximum atomic E-state index is 12.8. The molecule has 0 amide bonds. The van der Waals surface area contributed by atoms with E-state index in [2.05, 4.69) is 11.6 Å². The summed E-state index contributed by atoms with van der Waals surface area (Å²) in [4.78, 5) is 12.8. The monoisotopic (exact) mass is 396 g/mol. The van der Waals surface area contributed by atoms with Gasteiger partial charge >= 0.3 is 0 Å². The summed E-state index contributed by atoms with van der Waals surface area (Å²) in [6.07, 6.45) is 8.42. The highest BCUT2D eigenvalue weighted by atomic mass is 32.2. The quantitative estimate of drug-likeness (QED) is 0.802. The number of rotatable bonds is 6. The highest BCUT2D eigenvalue weighted by molar-refractivity contribution is 7.88. The molecule has 27 heavy (non-hydrogen) atoms. The average Bonchev–Trinajstić information content (AvgIpc) is 2.63. The lowest BCUT2D eigenvalue weighted by molar-refractivity contribution is -0.00694. The second kappa shape index (κ2) is 8.45. The zero-order chi connectivity index (χ0) is 19.6. The van der Waals surface area contributed by atoms with Gasteiger partial charge in [0, 0.05) is 17.3 Å². The molecule has 1 fully saturated rings. The standard InChI is InChI=1S/C20H32N2O4S/c1-4-15-6-10-17(11-7-15)26-13-19-18(21-27(3,24)25)12-9-16-8-5-14(2)20(23)22(16)19/h5,8,15,17-19,21H,4,6-7,9-13H2,1-3H3/t15?,17?,18-,19-/m0/s1. The van der Waals surface area contributed by atoms with Gasteiger partial charge in [-0.1, -0.05) is 19.4 Å². The first-order chi connectivity index (χ1) is 12.8. The predicted octanol–water partition coefficient (Wildman–Crippen LogP) is 2.55. The molecule has 1 saturated carbocycles. The van der Waals surface area contributed by atoms with E-state index in [4.69, 9.17) is 4.74 Å². The van der Waals surface area contributed by atoms with Gasteiger partial charge in [-0.05, 0) is 57.4 Å². The molecule has 1 aliphatic carbocycles. The van der Waals surface area contributed by atoms with E-state index >= 15 is 0 Å². The molecule has 1 aromatic heterocycles. The fourth-order valence-corrected chi connectivity index (χ4v) is 5.31. The van der Waals surface area contributed by atoms with Gasteiger partial charge in [-0.15, -0.1) is 0 Å². The van der Waals surface area contributed by atoms with Crippen molar-refractivity contribution in [3.05, 3.63) is 33.7 Å². The summed E-state index contributed by atoms with van der Waals surface area (Å²) in [7, 11) is -3.36. The molecular formula is C20H32N2O4S. The van der Waals surface area contributed by atoms with E-state index in [0.717, 1.165) is 24.5 Å². The molecule has 0 bridgehead atoms. The van der Waals surface area contributed by atoms with E-state index < -0.39 is 10.0 Å². The third-order valence-electron chi connectivity index (χ3n) is 6.14. The first-order valence-electron chi connectivity index (χ1n) is 10.1. The highest BCUT2D eigenvalue weighted by Crippen LogP contribution is 2.30. The van der Waals surface area contributed by atoms with Crippen LogP contribution in [-0.4, -0.2) is 38.0 Å². The molecule has 0 saturated heterocycles. The van der Waals surface area contributed by atoms with Gasteiger partial charge in [0.05, 0.1) is 25.0 Å². The molecule has 1 aromatic rings. The van der Waals surface area contributed by atoms with Crippen molar-refractivity contribution in [3.8, 4) is 0 Å². The van der Waals surface area contributed by atoms with Gasteiger partial charge in [-0.2, -0.15) is 0 Å². The van der Waals surface area contributed by atoms with Crippen molar-refractivity contribution >= 4 is 10.0 Å². The highest BCUT2D eigenvalue weighted by Gasteiger charge is 2.33. The molecule has 0 radical (unpaired) electrons. The molecule has 0 unspecified atom stereocenters. The maximum absolute atomic E-state index is 12.8. The number of fused-ring (bicyclic) bond motifs is 1. The van der Waals surface area contributed by atoms with E-state index in [1.807, 2.05) is 12.1 Å². The van der Waals surface area contributed by atoms with Crippen LogP contribution in [0.15, 0.2) is 16.9 Å². The van der Waals surface area contributed by atoms with Crippen molar-refractivity contribution in [1.82, 2.24) is 9.29 Å². The molecule has 0 aromatic carbocycles. The van der Waals surface area contributed by atoms with Crippen molar-refractivity contribution in [1.29, 1.82) is 0 Å². The van der Waals surface area contributed by atoms with Gasteiger partial charge in [0.2, 0.25) is 10.0 Å². The number of nitrogens with one attached hydrogen (secondary N) is 1. The van der Waals surface area contributed by atoms with Gasteiger partial charge in [-0.25, -0.2) is 13.1 Å². The number of aromatic nitrogens is 1. The lowest BCUT2D eigenvalue weighted by Crippen LogP contribution is -2.49. The lowest BCUT2D eigenvalue weighted by Gasteiger charge is -2.37. The minimum atomic E-state index is -3.36. The van der Waals surface area contributed by atoms with Crippen molar-refractivity contribution in [2.24, 2.45) is 5.92 Å². The van der Waals surface area contributed by atoms with Crippen molar-refractivity contribution in [2.45, 2.75) is 77.0 Å². The Labute approximate surface area is 162 Å². The fourth-order valence-electron chi connectivity index (χ4n) is 4.48. The zero-order valence-electron chi connectivity index (χ0n) is 16.6. The molecular weight excluding hydrogens is 364 g/mol. The number of ether oxygens (including phenoxy) is 1. The van der Waals surface area contributed by atoms with Crippen LogP contribution in [0.3, 0.4) is 0 Å². The Morgan fingerprint density at radius 1 is 1.19 bits per heavy atom. The summed E-state index contributed by atoms with van der Waals surface area (Å²) in [5.74, 6) is 0.796. The molecule has 152 valence electrons. The second-order valence-corrected chi connectivity index (χ2v) is 9.95. The fraction of sp³-hybridized carbons (Fsp3) is 0.750. The Morgan fingerprint density at radius 3 is 2.52 bits per heavy atom. The number of sulfonamides is 1. The van der Waals surface area contributed by atoms with Crippen LogP contribution in [0.5, 0.6) is 0 Å². The lowest BCUT2D eigenvalue weighted by atomic mass is 9.86. The zero-order valence-corrected chi connectivity index (χ0v) is 17.4. The van der Waals surface area contributed by atoms with Crippen molar-refractivity contribution < 1.29 is 13.2 Å². The van der Waals surface area contributed by atoms with Gasteiger partial charge in [0.1, 0.15) is 0 Å². The summed E-state index contributed by atoms with van der Waals surface area (Å²) in [6.45, 7) is 4.40. The molecule has 1 aliphatic heterocycles.